The molecule has 0 saturated heterocycles. The number of amides is 1. The van der Waals surface area contributed by atoms with Crippen molar-refractivity contribution in [2.24, 2.45) is 0 Å². The van der Waals surface area contributed by atoms with Crippen LogP contribution in [0.25, 0.3) is 16.8 Å². The number of hydrogen-bond donors (Lipinski definition) is 1. The Bertz CT molecular complexity index is 1360. The second-order valence-electron chi connectivity index (χ2n) is 7.76. The highest BCUT2D eigenvalue weighted by atomic mass is 35.5. The first-order chi connectivity index (χ1) is 15.8. The SMILES string of the molecule is Cc1ccc(-n2cnnc2SCC(=O)Nc2ccc3oc(=O)n(CCN(C)C)c3c2)cc1Cl. The molecular weight excluding hydrogens is 464 g/mol. The number of carbonyl (C=O) groups is 1. The normalized spacial score (nSPS) is 11.4. The van der Waals surface area contributed by atoms with Crippen LogP contribution < -0.4 is 11.1 Å². The lowest BCUT2D eigenvalue weighted by atomic mass is 10.2. The summed E-state index contributed by atoms with van der Waals surface area (Å²) in [5.74, 6) is -0.488. The fraction of sp³-hybridized carbons (Fsp3) is 0.273. The fourth-order valence-corrected chi connectivity index (χ4v) is 4.11. The van der Waals surface area contributed by atoms with Gasteiger partial charge in [-0.25, -0.2) is 4.79 Å². The Balaban J connectivity index is 1.44. The Morgan fingerprint density at radius 1 is 1.24 bits per heavy atom. The summed E-state index contributed by atoms with van der Waals surface area (Å²) in [7, 11) is 3.87. The van der Waals surface area contributed by atoms with Crippen molar-refractivity contribution in [2.75, 3.05) is 31.7 Å². The number of nitrogens with one attached hydrogen (secondary N) is 1. The summed E-state index contributed by atoms with van der Waals surface area (Å²) in [5.41, 5.74) is 3.50. The van der Waals surface area contributed by atoms with Crippen molar-refractivity contribution in [1.29, 1.82) is 0 Å². The van der Waals surface area contributed by atoms with Gasteiger partial charge in [-0.2, -0.15) is 0 Å². The van der Waals surface area contributed by atoms with E-state index in [1.54, 1.807) is 33.7 Å². The van der Waals surface area contributed by atoms with Gasteiger partial charge in [0, 0.05) is 23.8 Å². The molecule has 4 aromatic rings. The van der Waals surface area contributed by atoms with E-state index in [0.29, 0.717) is 40.1 Å². The monoisotopic (exact) mass is 486 g/mol. The molecule has 1 amide bonds. The van der Waals surface area contributed by atoms with Gasteiger partial charge in [-0.05, 0) is 56.9 Å². The van der Waals surface area contributed by atoms with Crippen molar-refractivity contribution < 1.29 is 9.21 Å². The molecule has 11 heteroatoms. The van der Waals surface area contributed by atoms with E-state index in [1.165, 1.54) is 11.8 Å². The van der Waals surface area contributed by atoms with Crippen LogP contribution >= 0.6 is 23.4 Å². The molecule has 0 aliphatic heterocycles. The number of carbonyl (C=O) groups excluding carboxylic acids is 1. The lowest BCUT2D eigenvalue weighted by Crippen LogP contribution is -2.23. The summed E-state index contributed by atoms with van der Waals surface area (Å²) in [6.07, 6.45) is 1.58. The standard InChI is InChI=1S/C22H23ClN6O3S/c1-14-4-6-16(11-17(14)23)29-13-24-26-21(29)33-12-20(30)25-15-5-7-19-18(10-15)28(22(31)32-19)9-8-27(2)3/h4-7,10-11,13H,8-9,12H2,1-3H3,(H,25,30). The van der Waals surface area contributed by atoms with Crippen LogP contribution in [0.2, 0.25) is 5.02 Å². The summed E-state index contributed by atoms with van der Waals surface area (Å²) in [5, 5.41) is 12.2. The Hall–Kier alpha value is -3.08. The number of benzene rings is 2. The second kappa shape index (κ2) is 9.82. The molecule has 2 aromatic heterocycles. The number of hydrogen-bond acceptors (Lipinski definition) is 7. The highest BCUT2D eigenvalue weighted by molar-refractivity contribution is 7.99. The van der Waals surface area contributed by atoms with Crippen molar-refractivity contribution in [3.05, 3.63) is 63.9 Å². The summed E-state index contributed by atoms with van der Waals surface area (Å²) < 4.78 is 8.65. The molecule has 0 atom stereocenters. The number of halogens is 1. The maximum absolute atomic E-state index is 12.6. The van der Waals surface area contributed by atoms with E-state index < -0.39 is 5.76 Å². The molecule has 9 nitrogen and oxygen atoms in total. The molecule has 33 heavy (non-hydrogen) atoms. The van der Waals surface area contributed by atoms with E-state index in [4.69, 9.17) is 16.0 Å². The molecule has 1 N–H and O–H groups in total. The van der Waals surface area contributed by atoms with Crippen molar-refractivity contribution in [1.82, 2.24) is 24.2 Å². The molecule has 4 rings (SSSR count). The van der Waals surface area contributed by atoms with Crippen LogP contribution in [-0.4, -0.2) is 56.5 Å². The van der Waals surface area contributed by atoms with Crippen molar-refractivity contribution in [3.8, 4) is 5.69 Å². The molecule has 0 saturated carbocycles. The molecule has 0 bridgehead atoms. The maximum Gasteiger partial charge on any atom is 0.419 e. The lowest BCUT2D eigenvalue weighted by Gasteiger charge is -2.10. The molecular formula is C22H23ClN6O3S. The van der Waals surface area contributed by atoms with Crippen LogP contribution in [0.5, 0.6) is 0 Å². The Kier molecular flexibility index (Phi) is 6.87. The number of aryl methyl sites for hydroxylation is 1. The zero-order valence-corrected chi connectivity index (χ0v) is 20.0. The smallest absolute Gasteiger partial charge is 0.408 e. The maximum atomic E-state index is 12.6. The number of likely N-dealkylation sites (N-methyl/N-ethyl adjacent to an activating group) is 1. The molecule has 172 valence electrons. The first kappa shape index (κ1) is 23.1. The van der Waals surface area contributed by atoms with Gasteiger partial charge in [0.15, 0.2) is 10.7 Å². The molecule has 0 fully saturated rings. The molecule has 0 aliphatic carbocycles. The average molecular weight is 487 g/mol. The molecule has 0 unspecified atom stereocenters. The molecule has 0 spiro atoms. The van der Waals surface area contributed by atoms with Gasteiger partial charge < -0.3 is 14.6 Å². The first-order valence-corrected chi connectivity index (χ1v) is 11.6. The van der Waals surface area contributed by atoms with Crippen molar-refractivity contribution >= 4 is 46.1 Å². The third-order valence-corrected chi connectivity index (χ3v) is 6.35. The number of oxazole rings is 1. The van der Waals surface area contributed by atoms with E-state index in [9.17, 15) is 9.59 Å². The van der Waals surface area contributed by atoms with Crippen LogP contribution in [0, 0.1) is 6.92 Å². The van der Waals surface area contributed by atoms with Crippen LogP contribution in [0.15, 0.2) is 57.1 Å². The summed E-state index contributed by atoms with van der Waals surface area (Å²) in [6.45, 7) is 3.11. The van der Waals surface area contributed by atoms with E-state index >= 15 is 0 Å². The zero-order chi connectivity index (χ0) is 23.5. The number of thioether (sulfide) groups is 1. The molecule has 2 aromatic carbocycles. The van der Waals surface area contributed by atoms with Crippen LogP contribution in [0.1, 0.15) is 5.56 Å². The van der Waals surface area contributed by atoms with Gasteiger partial charge in [0.1, 0.15) is 6.33 Å². The Morgan fingerprint density at radius 3 is 2.82 bits per heavy atom. The number of rotatable bonds is 8. The number of aromatic nitrogens is 4. The van der Waals surface area contributed by atoms with E-state index in [0.717, 1.165) is 11.3 Å². The molecule has 0 radical (unpaired) electrons. The van der Waals surface area contributed by atoms with E-state index in [-0.39, 0.29) is 11.7 Å². The van der Waals surface area contributed by atoms with Gasteiger partial charge in [0.25, 0.3) is 0 Å². The Labute approximate surface area is 199 Å². The summed E-state index contributed by atoms with van der Waals surface area (Å²) in [4.78, 5) is 26.7. The third-order valence-electron chi connectivity index (χ3n) is 5.00. The minimum atomic E-state index is -0.415. The van der Waals surface area contributed by atoms with E-state index in [2.05, 4.69) is 15.5 Å². The van der Waals surface area contributed by atoms with Crippen LogP contribution in [0.4, 0.5) is 5.69 Å². The fourth-order valence-electron chi connectivity index (χ4n) is 3.21. The van der Waals surface area contributed by atoms with Gasteiger partial charge in [-0.15, -0.1) is 10.2 Å². The van der Waals surface area contributed by atoms with Crippen molar-refractivity contribution in [2.45, 2.75) is 18.6 Å². The van der Waals surface area contributed by atoms with Gasteiger partial charge in [0.05, 0.1) is 17.0 Å². The summed E-state index contributed by atoms with van der Waals surface area (Å²) >= 11 is 7.50. The second-order valence-corrected chi connectivity index (χ2v) is 9.11. The Morgan fingerprint density at radius 2 is 2.06 bits per heavy atom. The van der Waals surface area contributed by atoms with Crippen LogP contribution in [-0.2, 0) is 11.3 Å². The predicted octanol–water partition coefficient (Wildman–Crippen LogP) is 3.43. The van der Waals surface area contributed by atoms with Crippen molar-refractivity contribution in [3.63, 3.8) is 0 Å². The lowest BCUT2D eigenvalue weighted by molar-refractivity contribution is -0.113. The predicted molar refractivity (Wildman–Crippen MR) is 129 cm³/mol. The van der Waals surface area contributed by atoms with E-state index in [1.807, 2.05) is 44.1 Å². The van der Waals surface area contributed by atoms with Gasteiger partial charge in [0.2, 0.25) is 5.91 Å². The highest BCUT2D eigenvalue weighted by Crippen LogP contribution is 2.24. The first-order valence-electron chi connectivity index (χ1n) is 10.2. The third kappa shape index (κ3) is 5.29. The quantitative estimate of drug-likeness (QED) is 0.381. The van der Waals surface area contributed by atoms with Crippen LogP contribution in [0.3, 0.4) is 0 Å². The average Bonchev–Trinajstić information content (AvgIpc) is 3.36. The largest absolute Gasteiger partial charge is 0.419 e. The zero-order valence-electron chi connectivity index (χ0n) is 18.4. The van der Waals surface area contributed by atoms with Gasteiger partial charge in [-0.1, -0.05) is 29.4 Å². The summed E-state index contributed by atoms with van der Waals surface area (Å²) in [6, 6.07) is 10.8. The number of anilines is 1. The number of fused-ring (bicyclic) bond motifs is 1. The highest BCUT2D eigenvalue weighted by Gasteiger charge is 2.14. The molecule has 2 heterocycles. The minimum absolute atomic E-state index is 0.134. The topological polar surface area (TPSA) is 98.2 Å². The molecule has 0 aliphatic rings. The minimum Gasteiger partial charge on any atom is -0.408 e. The van der Waals surface area contributed by atoms with Gasteiger partial charge in [-0.3, -0.25) is 13.9 Å². The number of nitrogens with zero attached hydrogens (tertiary/aromatic N) is 5. The van der Waals surface area contributed by atoms with Gasteiger partial charge >= 0.3 is 5.76 Å².